The molecule has 2 unspecified atom stereocenters. The highest BCUT2D eigenvalue weighted by atomic mass is 31.2. The molecule has 0 heterocycles. The molecule has 3 N–H and O–H groups in total. The number of phosphoric acid groups is 2. The Morgan fingerprint density at radius 3 is 0.780 bits per heavy atom. The third kappa shape index (κ3) is 73.3. The van der Waals surface area contributed by atoms with Crippen LogP contribution in [0.25, 0.3) is 0 Å². The van der Waals surface area contributed by atoms with Crippen LogP contribution in [0.4, 0.5) is 0 Å². The number of carbonyl (C=O) groups is 4. The van der Waals surface area contributed by atoms with Crippen LogP contribution in [0, 0.1) is 0 Å². The van der Waals surface area contributed by atoms with E-state index in [1.165, 1.54) is 167 Å². The molecular formula is C81H150O17P2. The quantitative estimate of drug-likeness (QED) is 0.0169. The summed E-state index contributed by atoms with van der Waals surface area (Å²) in [5.74, 6) is -2.16. The summed E-state index contributed by atoms with van der Waals surface area (Å²) in [4.78, 5) is 73.0. The van der Waals surface area contributed by atoms with Gasteiger partial charge in [-0.3, -0.25) is 37.3 Å². The Hall–Kier alpha value is -2.98. The average Bonchev–Trinajstić information content (AvgIpc) is 1.25. The van der Waals surface area contributed by atoms with Crippen molar-refractivity contribution in [2.24, 2.45) is 0 Å². The van der Waals surface area contributed by atoms with Crippen molar-refractivity contribution in [3.05, 3.63) is 48.6 Å². The van der Waals surface area contributed by atoms with Crippen LogP contribution in [0.15, 0.2) is 48.6 Å². The first-order valence-electron chi connectivity index (χ1n) is 40.9. The maximum Gasteiger partial charge on any atom is 0.472 e. The molecule has 586 valence electrons. The maximum absolute atomic E-state index is 13.1. The smallest absolute Gasteiger partial charge is 0.462 e. The molecule has 0 amide bonds. The molecule has 0 aliphatic heterocycles. The Morgan fingerprint density at radius 1 is 0.280 bits per heavy atom. The lowest BCUT2D eigenvalue weighted by Crippen LogP contribution is -2.30. The molecule has 17 nitrogen and oxygen atoms in total. The molecule has 0 rings (SSSR count). The van der Waals surface area contributed by atoms with Gasteiger partial charge in [0.15, 0.2) is 12.2 Å². The van der Waals surface area contributed by atoms with E-state index in [4.69, 9.17) is 37.0 Å². The van der Waals surface area contributed by atoms with Gasteiger partial charge in [0.2, 0.25) is 0 Å². The highest BCUT2D eigenvalue weighted by Crippen LogP contribution is 2.45. The van der Waals surface area contributed by atoms with E-state index < -0.39 is 97.5 Å². The van der Waals surface area contributed by atoms with E-state index in [2.05, 4.69) is 76.3 Å². The zero-order valence-corrected chi connectivity index (χ0v) is 65.9. The van der Waals surface area contributed by atoms with E-state index in [1.807, 2.05) is 0 Å². The molecule has 0 aliphatic carbocycles. The highest BCUT2D eigenvalue weighted by molar-refractivity contribution is 7.47. The summed E-state index contributed by atoms with van der Waals surface area (Å²) < 4.78 is 68.7. The molecule has 0 fully saturated rings. The van der Waals surface area contributed by atoms with Gasteiger partial charge in [0.25, 0.3) is 0 Å². The summed E-state index contributed by atoms with van der Waals surface area (Å²) in [6.07, 6.45) is 72.2. The number of phosphoric ester groups is 2. The fourth-order valence-corrected chi connectivity index (χ4v) is 13.1. The zero-order valence-electron chi connectivity index (χ0n) is 64.1. The number of aliphatic hydroxyl groups excluding tert-OH is 1. The zero-order chi connectivity index (χ0) is 73.2. The van der Waals surface area contributed by atoms with E-state index in [9.17, 15) is 43.2 Å². The van der Waals surface area contributed by atoms with Gasteiger partial charge in [-0.25, -0.2) is 9.13 Å². The average molecular weight is 1460 g/mol. The molecule has 0 saturated carbocycles. The number of allylic oxidation sites excluding steroid dienone is 8. The van der Waals surface area contributed by atoms with Gasteiger partial charge >= 0.3 is 39.5 Å². The summed E-state index contributed by atoms with van der Waals surface area (Å²) in [6, 6.07) is 0. The second-order valence-electron chi connectivity index (χ2n) is 27.7. The van der Waals surface area contributed by atoms with Crippen molar-refractivity contribution in [3.8, 4) is 0 Å². The molecule has 19 heteroatoms. The van der Waals surface area contributed by atoms with Crippen LogP contribution in [-0.4, -0.2) is 96.7 Å². The van der Waals surface area contributed by atoms with E-state index in [1.54, 1.807) is 0 Å². The summed E-state index contributed by atoms with van der Waals surface area (Å²) in [5, 5.41) is 10.6. The molecule has 0 spiro atoms. The van der Waals surface area contributed by atoms with Gasteiger partial charge in [-0.15, -0.1) is 0 Å². The van der Waals surface area contributed by atoms with Crippen molar-refractivity contribution in [1.82, 2.24) is 0 Å². The first-order chi connectivity index (χ1) is 48.7. The predicted molar refractivity (Wildman–Crippen MR) is 409 cm³/mol. The lowest BCUT2D eigenvalue weighted by molar-refractivity contribution is -0.161. The fourth-order valence-electron chi connectivity index (χ4n) is 11.5. The molecular weight excluding hydrogens is 1310 g/mol. The number of hydrogen-bond donors (Lipinski definition) is 3. The first kappa shape index (κ1) is 97.0. The summed E-state index contributed by atoms with van der Waals surface area (Å²) in [7, 11) is -9.94. The number of unbranched alkanes of at least 4 members (excludes halogenated alkanes) is 44. The minimum atomic E-state index is -4.97. The Kier molecular flexibility index (Phi) is 72.1. The molecule has 0 aromatic heterocycles. The van der Waals surface area contributed by atoms with Crippen LogP contribution >= 0.6 is 15.6 Å². The number of esters is 4. The van der Waals surface area contributed by atoms with Crippen LogP contribution < -0.4 is 0 Å². The summed E-state index contributed by atoms with van der Waals surface area (Å²) in [5.41, 5.74) is 0. The van der Waals surface area contributed by atoms with Crippen molar-refractivity contribution in [2.45, 2.75) is 406 Å². The van der Waals surface area contributed by atoms with Crippen molar-refractivity contribution >= 4 is 39.5 Å². The molecule has 0 aromatic carbocycles. The van der Waals surface area contributed by atoms with Crippen molar-refractivity contribution < 1.29 is 80.2 Å². The number of carbonyl (C=O) groups excluding carboxylic acids is 4. The van der Waals surface area contributed by atoms with Crippen molar-refractivity contribution in [1.29, 1.82) is 0 Å². The SMILES string of the molecule is CCCCC/C=C\C/C=C\CCCCCCCC(=O)O[C@H](COC(=O)CCCCCCCCCCCCCCCCC)COP(=O)(O)OC[C@H](O)COP(=O)(O)OC[C@@H](COC(=O)CCCCCCCCC/C=C\CCCCCC)OC(=O)CCCCCCC/C=C\CCCCCCCC. The van der Waals surface area contributed by atoms with E-state index in [0.29, 0.717) is 25.7 Å². The number of aliphatic hydroxyl groups is 1. The second-order valence-corrected chi connectivity index (χ2v) is 30.6. The van der Waals surface area contributed by atoms with Crippen LogP contribution in [-0.2, 0) is 65.4 Å². The summed E-state index contributed by atoms with van der Waals surface area (Å²) in [6.45, 7) is 4.89. The van der Waals surface area contributed by atoms with E-state index in [0.717, 1.165) is 141 Å². The predicted octanol–water partition coefficient (Wildman–Crippen LogP) is 23.7. The van der Waals surface area contributed by atoms with Crippen LogP contribution in [0.5, 0.6) is 0 Å². The fraction of sp³-hybridized carbons (Fsp3) is 0.852. The second kappa shape index (κ2) is 74.3. The molecule has 0 aromatic rings. The molecule has 0 aliphatic rings. The Balaban J connectivity index is 5.33. The van der Waals surface area contributed by atoms with Gasteiger partial charge in [-0.2, -0.15) is 0 Å². The molecule has 0 saturated heterocycles. The van der Waals surface area contributed by atoms with Gasteiger partial charge in [0, 0.05) is 25.7 Å². The summed E-state index contributed by atoms with van der Waals surface area (Å²) >= 11 is 0. The minimum absolute atomic E-state index is 0.0852. The van der Waals surface area contributed by atoms with Gasteiger partial charge in [0.05, 0.1) is 26.4 Å². The standard InChI is InChI=1S/C81H150O17P2/c1-5-9-13-17-21-25-29-33-37-41-45-49-53-57-61-65-78(83)91-71-76(97-80(85)67-63-59-55-51-47-43-39-35-31-27-23-19-15-11-7-3)73-95-99(87,88)93-69-75(82)70-94-100(89,90)96-74-77(98-81(86)68-64-60-56-52-48-44-40-36-32-28-24-20-16-12-8-4)72-92-79(84)66-62-58-54-50-46-42-38-34-30-26-22-18-14-10-6-2/h23,26-27,30,35-36,39-40,75-77,82H,5-22,24-25,28-29,31-34,37-38,41-74H2,1-4H3,(H,87,88)(H,89,90)/b27-23-,30-26-,39-35-,40-36-/t75-,76+,77+/m0/s1. The lowest BCUT2D eigenvalue weighted by atomic mass is 10.0. The number of rotatable bonds is 78. The van der Waals surface area contributed by atoms with Gasteiger partial charge in [-0.1, -0.05) is 301 Å². The number of ether oxygens (including phenoxy) is 4. The van der Waals surface area contributed by atoms with E-state index >= 15 is 0 Å². The molecule has 0 bridgehead atoms. The minimum Gasteiger partial charge on any atom is -0.462 e. The van der Waals surface area contributed by atoms with Crippen LogP contribution in [0.3, 0.4) is 0 Å². The van der Waals surface area contributed by atoms with Crippen molar-refractivity contribution in [3.63, 3.8) is 0 Å². The largest absolute Gasteiger partial charge is 0.472 e. The van der Waals surface area contributed by atoms with Gasteiger partial charge in [-0.05, 0) is 109 Å². The van der Waals surface area contributed by atoms with Gasteiger partial charge in [0.1, 0.15) is 19.3 Å². The maximum atomic E-state index is 13.1. The third-order valence-corrected chi connectivity index (χ3v) is 19.7. The highest BCUT2D eigenvalue weighted by Gasteiger charge is 2.30. The molecule has 0 radical (unpaired) electrons. The first-order valence-corrected chi connectivity index (χ1v) is 43.9. The topological polar surface area (TPSA) is 237 Å². The van der Waals surface area contributed by atoms with Gasteiger partial charge < -0.3 is 33.8 Å². The van der Waals surface area contributed by atoms with E-state index in [-0.39, 0.29) is 25.7 Å². The third-order valence-electron chi connectivity index (χ3n) is 17.8. The Morgan fingerprint density at radius 2 is 0.490 bits per heavy atom. The lowest BCUT2D eigenvalue weighted by Gasteiger charge is -2.21. The molecule has 5 atom stereocenters. The normalized spacial score (nSPS) is 14.1. The Bertz CT molecular complexity index is 2080. The van der Waals surface area contributed by atoms with Crippen LogP contribution in [0.2, 0.25) is 0 Å². The van der Waals surface area contributed by atoms with Crippen LogP contribution in [0.1, 0.15) is 387 Å². The molecule has 100 heavy (non-hydrogen) atoms. The Labute approximate surface area is 610 Å². The van der Waals surface area contributed by atoms with Crippen molar-refractivity contribution in [2.75, 3.05) is 39.6 Å². The monoisotopic (exact) mass is 1460 g/mol. The number of hydrogen-bond acceptors (Lipinski definition) is 15.